The van der Waals surface area contributed by atoms with Crippen molar-refractivity contribution in [2.75, 3.05) is 31.1 Å². The highest BCUT2D eigenvalue weighted by molar-refractivity contribution is 9.10. The molecule has 5 nitrogen and oxygen atoms in total. The van der Waals surface area contributed by atoms with Crippen LogP contribution in [0.15, 0.2) is 16.9 Å². The molecule has 0 aliphatic carbocycles. The van der Waals surface area contributed by atoms with Gasteiger partial charge in [-0.3, -0.25) is 0 Å². The molecule has 0 unspecified atom stereocenters. The minimum Gasteiger partial charge on any atom is -0.444 e. The van der Waals surface area contributed by atoms with Crippen LogP contribution in [0.4, 0.5) is 14.9 Å². The van der Waals surface area contributed by atoms with Crippen LogP contribution in [-0.4, -0.2) is 47.8 Å². The molecule has 2 heterocycles. The van der Waals surface area contributed by atoms with Crippen molar-refractivity contribution in [3.63, 3.8) is 0 Å². The van der Waals surface area contributed by atoms with E-state index in [1.165, 1.54) is 6.07 Å². The molecular formula is C14H19BrFN3O2. The van der Waals surface area contributed by atoms with E-state index in [1.807, 2.05) is 25.7 Å². The third-order valence-electron chi connectivity index (χ3n) is 3.08. The van der Waals surface area contributed by atoms with Gasteiger partial charge in [-0.25, -0.2) is 14.2 Å². The van der Waals surface area contributed by atoms with Crippen molar-refractivity contribution >= 4 is 27.7 Å². The number of carbonyl (C=O) groups is 1. The number of anilines is 1. The summed E-state index contributed by atoms with van der Waals surface area (Å²) in [5.74, 6) is -0.387. The molecule has 7 heteroatoms. The largest absolute Gasteiger partial charge is 0.444 e. The molecule has 1 saturated heterocycles. The van der Waals surface area contributed by atoms with Gasteiger partial charge < -0.3 is 14.5 Å². The summed E-state index contributed by atoms with van der Waals surface area (Å²) in [6.07, 6.45) is 1.32. The molecule has 1 amide bonds. The van der Waals surface area contributed by atoms with Crippen LogP contribution in [0.3, 0.4) is 0 Å². The highest BCUT2D eigenvalue weighted by Gasteiger charge is 2.26. The van der Waals surface area contributed by atoms with Gasteiger partial charge in [0.2, 0.25) is 0 Å². The van der Waals surface area contributed by atoms with Crippen LogP contribution in [0.25, 0.3) is 0 Å². The number of nitrogens with zero attached hydrogens (tertiary/aromatic N) is 3. The number of amides is 1. The molecule has 116 valence electrons. The van der Waals surface area contributed by atoms with Crippen molar-refractivity contribution in [2.45, 2.75) is 26.4 Å². The summed E-state index contributed by atoms with van der Waals surface area (Å²) in [7, 11) is 0. The van der Waals surface area contributed by atoms with Crippen LogP contribution in [0.1, 0.15) is 20.8 Å². The first kappa shape index (κ1) is 16.0. The second-order valence-corrected chi connectivity index (χ2v) is 6.67. The molecule has 1 aliphatic rings. The van der Waals surface area contributed by atoms with E-state index in [4.69, 9.17) is 4.74 Å². The molecule has 0 aromatic carbocycles. The average Bonchev–Trinajstić information content (AvgIpc) is 2.40. The number of pyridine rings is 1. The second-order valence-electron chi connectivity index (χ2n) is 5.92. The van der Waals surface area contributed by atoms with Crippen molar-refractivity contribution < 1.29 is 13.9 Å². The fourth-order valence-corrected chi connectivity index (χ4v) is 2.27. The van der Waals surface area contributed by atoms with Crippen LogP contribution in [0.5, 0.6) is 0 Å². The van der Waals surface area contributed by atoms with Crippen molar-refractivity contribution in [3.8, 4) is 0 Å². The maximum atomic E-state index is 13.5. The van der Waals surface area contributed by atoms with Crippen LogP contribution >= 0.6 is 15.9 Å². The van der Waals surface area contributed by atoms with Crippen LogP contribution < -0.4 is 4.90 Å². The molecule has 1 aromatic rings. The number of carbonyl (C=O) groups excluding carboxylic acids is 1. The van der Waals surface area contributed by atoms with Gasteiger partial charge in [0.05, 0.1) is 11.9 Å². The van der Waals surface area contributed by atoms with Crippen LogP contribution in [-0.2, 0) is 4.74 Å². The number of aromatic nitrogens is 1. The minimum absolute atomic E-state index is 0.207. The van der Waals surface area contributed by atoms with E-state index in [0.717, 1.165) is 5.69 Å². The number of rotatable bonds is 1. The monoisotopic (exact) mass is 359 g/mol. The predicted octanol–water partition coefficient (Wildman–Crippen LogP) is 3.04. The van der Waals surface area contributed by atoms with Crippen molar-refractivity contribution in [1.29, 1.82) is 0 Å². The summed E-state index contributed by atoms with van der Waals surface area (Å²) in [5, 5.41) is 0. The topological polar surface area (TPSA) is 45.7 Å². The first-order valence-corrected chi connectivity index (χ1v) is 7.59. The van der Waals surface area contributed by atoms with E-state index in [2.05, 4.69) is 20.9 Å². The molecule has 0 radical (unpaired) electrons. The Labute approximate surface area is 132 Å². The van der Waals surface area contributed by atoms with Gasteiger partial charge in [0.15, 0.2) is 5.82 Å². The van der Waals surface area contributed by atoms with E-state index in [0.29, 0.717) is 26.2 Å². The quantitative estimate of drug-likeness (QED) is 0.723. The standard InChI is InChI=1S/C14H19BrFN3O2/c1-14(2,3)21-13(20)19-6-4-18(5-7-19)10-8-11(16)12(15)17-9-10/h8-9H,4-7H2,1-3H3. The van der Waals surface area contributed by atoms with Gasteiger partial charge in [-0.1, -0.05) is 0 Å². The second kappa shape index (κ2) is 6.17. The van der Waals surface area contributed by atoms with Gasteiger partial charge in [0, 0.05) is 32.2 Å². The van der Waals surface area contributed by atoms with Gasteiger partial charge >= 0.3 is 6.09 Å². The molecule has 0 spiro atoms. The zero-order valence-corrected chi connectivity index (χ0v) is 14.0. The fraction of sp³-hybridized carbons (Fsp3) is 0.571. The number of piperazine rings is 1. The summed E-state index contributed by atoms with van der Waals surface area (Å²) in [4.78, 5) is 19.6. The third-order valence-corrected chi connectivity index (χ3v) is 3.66. The number of ether oxygens (including phenoxy) is 1. The Morgan fingerprint density at radius 3 is 2.48 bits per heavy atom. The first-order valence-electron chi connectivity index (χ1n) is 6.80. The van der Waals surface area contributed by atoms with E-state index < -0.39 is 5.60 Å². The Bertz CT molecular complexity index is 525. The van der Waals surface area contributed by atoms with Gasteiger partial charge in [0.25, 0.3) is 0 Å². The Balaban J connectivity index is 1.94. The zero-order chi connectivity index (χ0) is 15.6. The third kappa shape index (κ3) is 4.30. The first-order chi connectivity index (χ1) is 9.76. The lowest BCUT2D eigenvalue weighted by molar-refractivity contribution is 0.0240. The predicted molar refractivity (Wildman–Crippen MR) is 81.9 cm³/mol. The van der Waals surface area contributed by atoms with Crippen LogP contribution in [0, 0.1) is 5.82 Å². The molecule has 0 atom stereocenters. The summed E-state index contributed by atoms with van der Waals surface area (Å²) < 4.78 is 19.1. The summed E-state index contributed by atoms with van der Waals surface area (Å²) >= 11 is 3.04. The summed E-state index contributed by atoms with van der Waals surface area (Å²) in [5.41, 5.74) is 0.229. The number of halogens is 2. The van der Waals surface area contributed by atoms with E-state index >= 15 is 0 Å². The van der Waals surface area contributed by atoms with Gasteiger partial charge in [-0.05, 0) is 36.7 Å². The van der Waals surface area contributed by atoms with E-state index in [1.54, 1.807) is 11.1 Å². The normalized spacial score (nSPS) is 16.0. The Kier molecular flexibility index (Phi) is 4.70. The molecule has 21 heavy (non-hydrogen) atoms. The summed E-state index contributed by atoms with van der Waals surface area (Å²) in [6.45, 7) is 7.88. The van der Waals surface area contributed by atoms with Crippen molar-refractivity contribution in [3.05, 3.63) is 22.7 Å². The number of hydrogen-bond acceptors (Lipinski definition) is 4. The molecule has 0 bridgehead atoms. The van der Waals surface area contributed by atoms with E-state index in [-0.39, 0.29) is 16.5 Å². The lowest BCUT2D eigenvalue weighted by Gasteiger charge is -2.36. The van der Waals surface area contributed by atoms with E-state index in [9.17, 15) is 9.18 Å². The average molecular weight is 360 g/mol. The molecule has 0 N–H and O–H groups in total. The Morgan fingerprint density at radius 2 is 1.95 bits per heavy atom. The van der Waals surface area contributed by atoms with Crippen molar-refractivity contribution in [1.82, 2.24) is 9.88 Å². The number of hydrogen-bond donors (Lipinski definition) is 0. The zero-order valence-electron chi connectivity index (χ0n) is 12.4. The highest BCUT2D eigenvalue weighted by atomic mass is 79.9. The molecule has 0 saturated carbocycles. The van der Waals surface area contributed by atoms with Gasteiger partial charge in [0.1, 0.15) is 10.2 Å². The molecular weight excluding hydrogens is 341 g/mol. The lowest BCUT2D eigenvalue weighted by atomic mass is 10.2. The minimum atomic E-state index is -0.493. The Hall–Kier alpha value is -1.37. The van der Waals surface area contributed by atoms with Crippen molar-refractivity contribution in [2.24, 2.45) is 0 Å². The SMILES string of the molecule is CC(C)(C)OC(=O)N1CCN(c2cnc(Br)c(F)c2)CC1. The maximum Gasteiger partial charge on any atom is 0.410 e. The maximum absolute atomic E-state index is 13.5. The summed E-state index contributed by atoms with van der Waals surface area (Å²) in [6, 6.07) is 1.44. The smallest absolute Gasteiger partial charge is 0.410 e. The fourth-order valence-electron chi connectivity index (χ4n) is 2.06. The van der Waals surface area contributed by atoms with Gasteiger partial charge in [-0.15, -0.1) is 0 Å². The Morgan fingerprint density at radius 1 is 1.33 bits per heavy atom. The lowest BCUT2D eigenvalue weighted by Crippen LogP contribution is -2.50. The molecule has 2 rings (SSSR count). The van der Waals surface area contributed by atoms with Crippen LogP contribution in [0.2, 0.25) is 0 Å². The van der Waals surface area contributed by atoms with Gasteiger partial charge in [-0.2, -0.15) is 0 Å². The molecule has 1 fully saturated rings. The molecule has 1 aliphatic heterocycles. The molecule has 1 aromatic heterocycles. The highest BCUT2D eigenvalue weighted by Crippen LogP contribution is 2.21.